The first-order valence-corrected chi connectivity index (χ1v) is 7.46. The number of rotatable bonds is 6. The first kappa shape index (κ1) is 15.0. The summed E-state index contributed by atoms with van der Waals surface area (Å²) in [5, 5.41) is 3.59. The van der Waals surface area contributed by atoms with Crippen LogP contribution in [-0.4, -0.2) is 36.6 Å². The second-order valence-electron chi connectivity index (χ2n) is 6.54. The van der Waals surface area contributed by atoms with Crippen molar-refractivity contribution >= 4 is 0 Å². The zero-order valence-corrected chi connectivity index (χ0v) is 12.5. The molecule has 2 nitrogen and oxygen atoms in total. The summed E-state index contributed by atoms with van der Waals surface area (Å²) in [7, 11) is 0. The van der Waals surface area contributed by atoms with Crippen molar-refractivity contribution < 1.29 is 0 Å². The molecule has 2 atom stereocenters. The van der Waals surface area contributed by atoms with Gasteiger partial charge >= 0.3 is 0 Å². The molecule has 2 heteroatoms. The Labute approximate surface area is 108 Å². The van der Waals surface area contributed by atoms with E-state index in [1.165, 1.54) is 38.9 Å². The predicted octanol–water partition coefficient (Wildman–Crippen LogP) is 3.13. The summed E-state index contributed by atoms with van der Waals surface area (Å²) in [5.74, 6) is 1.68. The van der Waals surface area contributed by atoms with Crippen molar-refractivity contribution in [2.75, 3.05) is 19.6 Å². The van der Waals surface area contributed by atoms with Crippen LogP contribution in [0, 0.1) is 11.8 Å². The molecule has 0 aliphatic carbocycles. The molecule has 1 N–H and O–H groups in total. The Hall–Kier alpha value is -0.0800. The van der Waals surface area contributed by atoms with Gasteiger partial charge in [-0.2, -0.15) is 0 Å². The highest BCUT2D eigenvalue weighted by Crippen LogP contribution is 2.20. The summed E-state index contributed by atoms with van der Waals surface area (Å²) in [5.41, 5.74) is 0. The Morgan fingerprint density at radius 2 is 1.88 bits per heavy atom. The first-order valence-electron chi connectivity index (χ1n) is 7.46. The minimum absolute atomic E-state index is 0.624. The summed E-state index contributed by atoms with van der Waals surface area (Å²) < 4.78 is 0. The van der Waals surface area contributed by atoms with Crippen LogP contribution in [0.5, 0.6) is 0 Å². The SMILES string of the molecule is CC(C)CC(C)N1CCCC(CNC(C)C)C1. The summed E-state index contributed by atoms with van der Waals surface area (Å²) in [6, 6.07) is 1.38. The Morgan fingerprint density at radius 3 is 2.47 bits per heavy atom. The number of likely N-dealkylation sites (tertiary alicyclic amines) is 1. The van der Waals surface area contributed by atoms with Crippen molar-refractivity contribution in [3.05, 3.63) is 0 Å². The molecule has 1 aliphatic heterocycles. The van der Waals surface area contributed by atoms with Crippen molar-refractivity contribution in [3.8, 4) is 0 Å². The van der Waals surface area contributed by atoms with Crippen LogP contribution in [0.1, 0.15) is 53.9 Å². The molecule has 1 heterocycles. The molecule has 1 saturated heterocycles. The first-order chi connectivity index (χ1) is 7.99. The molecule has 0 aromatic heterocycles. The standard InChI is InChI=1S/C15H32N2/c1-12(2)9-14(5)17-8-6-7-15(11-17)10-16-13(3)4/h12-16H,6-11H2,1-5H3. The normalized spacial score (nSPS) is 24.5. The fraction of sp³-hybridized carbons (Fsp3) is 1.00. The van der Waals surface area contributed by atoms with Crippen molar-refractivity contribution in [2.24, 2.45) is 11.8 Å². The molecule has 0 saturated carbocycles. The van der Waals surface area contributed by atoms with Crippen molar-refractivity contribution in [1.29, 1.82) is 0 Å². The van der Waals surface area contributed by atoms with Crippen LogP contribution in [0.2, 0.25) is 0 Å². The van der Waals surface area contributed by atoms with E-state index in [-0.39, 0.29) is 0 Å². The highest BCUT2D eigenvalue weighted by Gasteiger charge is 2.23. The topological polar surface area (TPSA) is 15.3 Å². The maximum atomic E-state index is 3.59. The van der Waals surface area contributed by atoms with Gasteiger partial charge in [0.25, 0.3) is 0 Å². The molecular formula is C15H32N2. The van der Waals surface area contributed by atoms with Gasteiger partial charge in [-0.25, -0.2) is 0 Å². The van der Waals surface area contributed by atoms with Gasteiger partial charge in [0.1, 0.15) is 0 Å². The molecule has 102 valence electrons. The van der Waals surface area contributed by atoms with Gasteiger partial charge in [-0.15, -0.1) is 0 Å². The van der Waals surface area contributed by atoms with Gasteiger partial charge in [-0.05, 0) is 51.1 Å². The van der Waals surface area contributed by atoms with Gasteiger partial charge in [-0.1, -0.05) is 27.7 Å². The van der Waals surface area contributed by atoms with E-state index in [4.69, 9.17) is 0 Å². The fourth-order valence-corrected chi connectivity index (χ4v) is 2.90. The van der Waals surface area contributed by atoms with E-state index in [2.05, 4.69) is 44.8 Å². The number of hydrogen-bond donors (Lipinski definition) is 1. The summed E-state index contributed by atoms with van der Waals surface area (Å²) in [6.45, 7) is 15.3. The number of piperidine rings is 1. The third kappa shape index (κ3) is 5.87. The van der Waals surface area contributed by atoms with E-state index in [0.717, 1.165) is 17.9 Å². The van der Waals surface area contributed by atoms with Gasteiger partial charge in [-0.3, -0.25) is 0 Å². The average Bonchev–Trinajstić information content (AvgIpc) is 2.26. The Morgan fingerprint density at radius 1 is 1.18 bits per heavy atom. The minimum Gasteiger partial charge on any atom is -0.314 e. The van der Waals surface area contributed by atoms with Crippen LogP contribution < -0.4 is 5.32 Å². The lowest BCUT2D eigenvalue weighted by molar-refractivity contribution is 0.117. The zero-order valence-electron chi connectivity index (χ0n) is 12.5. The molecule has 2 unspecified atom stereocenters. The van der Waals surface area contributed by atoms with Crippen molar-refractivity contribution in [2.45, 2.75) is 66.0 Å². The lowest BCUT2D eigenvalue weighted by Gasteiger charge is -2.37. The van der Waals surface area contributed by atoms with Crippen LogP contribution in [0.15, 0.2) is 0 Å². The minimum atomic E-state index is 0.624. The van der Waals surface area contributed by atoms with Crippen LogP contribution >= 0.6 is 0 Å². The molecule has 0 spiro atoms. The second kappa shape index (κ2) is 7.38. The van der Waals surface area contributed by atoms with Crippen molar-refractivity contribution in [1.82, 2.24) is 10.2 Å². The van der Waals surface area contributed by atoms with E-state index in [1.54, 1.807) is 0 Å². The third-order valence-corrected chi connectivity index (χ3v) is 3.80. The Balaban J connectivity index is 2.32. The van der Waals surface area contributed by atoms with Crippen molar-refractivity contribution in [3.63, 3.8) is 0 Å². The average molecular weight is 240 g/mol. The number of hydrogen-bond acceptors (Lipinski definition) is 2. The maximum absolute atomic E-state index is 3.59. The summed E-state index contributed by atoms with van der Waals surface area (Å²) >= 11 is 0. The molecule has 0 amide bonds. The fourth-order valence-electron chi connectivity index (χ4n) is 2.90. The lowest BCUT2D eigenvalue weighted by atomic mass is 9.94. The molecule has 17 heavy (non-hydrogen) atoms. The summed E-state index contributed by atoms with van der Waals surface area (Å²) in [6.07, 6.45) is 4.13. The molecular weight excluding hydrogens is 208 g/mol. The molecule has 1 rings (SSSR count). The summed E-state index contributed by atoms with van der Waals surface area (Å²) in [4.78, 5) is 2.70. The maximum Gasteiger partial charge on any atom is 0.00694 e. The van der Waals surface area contributed by atoms with E-state index in [0.29, 0.717) is 6.04 Å². The Kier molecular flexibility index (Phi) is 6.50. The number of nitrogens with one attached hydrogen (secondary N) is 1. The smallest absolute Gasteiger partial charge is 0.00694 e. The highest BCUT2D eigenvalue weighted by atomic mass is 15.2. The largest absolute Gasteiger partial charge is 0.314 e. The molecule has 0 aromatic carbocycles. The molecule has 0 aromatic rings. The molecule has 1 fully saturated rings. The highest BCUT2D eigenvalue weighted by molar-refractivity contribution is 4.79. The molecule has 0 bridgehead atoms. The molecule has 1 aliphatic rings. The Bertz CT molecular complexity index is 201. The monoisotopic (exact) mass is 240 g/mol. The third-order valence-electron chi connectivity index (χ3n) is 3.80. The van der Waals surface area contributed by atoms with Gasteiger partial charge in [0, 0.05) is 18.6 Å². The predicted molar refractivity (Wildman–Crippen MR) is 76.4 cm³/mol. The van der Waals surface area contributed by atoms with Crippen LogP contribution in [0.25, 0.3) is 0 Å². The molecule has 0 radical (unpaired) electrons. The van der Waals surface area contributed by atoms with E-state index >= 15 is 0 Å². The number of nitrogens with zero attached hydrogens (tertiary/aromatic N) is 1. The van der Waals surface area contributed by atoms with Crippen LogP contribution in [0.4, 0.5) is 0 Å². The van der Waals surface area contributed by atoms with Gasteiger partial charge in [0.05, 0.1) is 0 Å². The van der Waals surface area contributed by atoms with E-state index < -0.39 is 0 Å². The van der Waals surface area contributed by atoms with Gasteiger partial charge in [0.15, 0.2) is 0 Å². The van der Waals surface area contributed by atoms with Gasteiger partial charge < -0.3 is 10.2 Å². The van der Waals surface area contributed by atoms with Crippen LogP contribution in [0.3, 0.4) is 0 Å². The lowest BCUT2D eigenvalue weighted by Crippen LogP contribution is -2.45. The van der Waals surface area contributed by atoms with Crippen LogP contribution in [-0.2, 0) is 0 Å². The van der Waals surface area contributed by atoms with E-state index in [9.17, 15) is 0 Å². The van der Waals surface area contributed by atoms with E-state index in [1.807, 2.05) is 0 Å². The van der Waals surface area contributed by atoms with Gasteiger partial charge in [0.2, 0.25) is 0 Å². The second-order valence-corrected chi connectivity index (χ2v) is 6.54. The quantitative estimate of drug-likeness (QED) is 0.767. The zero-order chi connectivity index (χ0) is 12.8.